The van der Waals surface area contributed by atoms with E-state index in [4.69, 9.17) is 0 Å². The molecular weight excluding hydrogens is 218 g/mol. The Morgan fingerprint density at radius 3 is 3.00 bits per heavy atom. The lowest BCUT2D eigenvalue weighted by molar-refractivity contribution is -0.127. The predicted octanol–water partition coefficient (Wildman–Crippen LogP) is -0.133. The molecule has 17 heavy (non-hydrogen) atoms. The van der Waals surface area contributed by atoms with Gasteiger partial charge >= 0.3 is 0 Å². The van der Waals surface area contributed by atoms with E-state index in [1.807, 2.05) is 4.90 Å². The van der Waals surface area contributed by atoms with Crippen LogP contribution in [0.1, 0.15) is 32.1 Å². The molecule has 5 heteroatoms. The smallest absolute Gasteiger partial charge is 0.237 e. The number of amides is 2. The first kappa shape index (κ1) is 12.4. The molecule has 0 saturated carbocycles. The quantitative estimate of drug-likeness (QED) is 0.657. The first-order valence-corrected chi connectivity index (χ1v) is 6.56. The number of carbonyl (C=O) groups excluding carboxylic acids is 2. The molecule has 2 rings (SSSR count). The summed E-state index contributed by atoms with van der Waals surface area (Å²) in [4.78, 5) is 24.9. The molecule has 0 aromatic heterocycles. The van der Waals surface area contributed by atoms with Crippen LogP contribution in [0.25, 0.3) is 0 Å². The molecule has 0 aromatic carbocycles. The van der Waals surface area contributed by atoms with Gasteiger partial charge in [-0.05, 0) is 32.2 Å². The third-order valence-corrected chi connectivity index (χ3v) is 3.45. The Morgan fingerprint density at radius 1 is 1.47 bits per heavy atom. The molecule has 1 unspecified atom stereocenters. The number of nitrogens with zero attached hydrogens (tertiary/aromatic N) is 1. The first-order chi connectivity index (χ1) is 8.27. The van der Waals surface area contributed by atoms with Gasteiger partial charge in [0.05, 0.1) is 6.04 Å². The lowest BCUT2D eigenvalue weighted by Crippen LogP contribution is -2.41. The van der Waals surface area contributed by atoms with E-state index in [0.29, 0.717) is 13.0 Å². The summed E-state index contributed by atoms with van der Waals surface area (Å²) in [7, 11) is 0. The van der Waals surface area contributed by atoms with Crippen molar-refractivity contribution in [2.24, 2.45) is 0 Å². The first-order valence-electron chi connectivity index (χ1n) is 6.56. The number of rotatable bonds is 5. The summed E-state index contributed by atoms with van der Waals surface area (Å²) in [6.07, 6.45) is 4.55. The predicted molar refractivity (Wildman–Crippen MR) is 64.5 cm³/mol. The summed E-state index contributed by atoms with van der Waals surface area (Å²) in [6, 6.07) is 0.00317. The van der Waals surface area contributed by atoms with Crippen molar-refractivity contribution >= 4 is 11.8 Å². The summed E-state index contributed by atoms with van der Waals surface area (Å²) in [6.45, 7) is 3.27. The van der Waals surface area contributed by atoms with Crippen LogP contribution >= 0.6 is 0 Å². The van der Waals surface area contributed by atoms with Crippen LogP contribution < -0.4 is 10.6 Å². The second-order valence-corrected chi connectivity index (χ2v) is 4.78. The van der Waals surface area contributed by atoms with Gasteiger partial charge in [-0.3, -0.25) is 9.59 Å². The van der Waals surface area contributed by atoms with Gasteiger partial charge in [0.15, 0.2) is 0 Å². The summed E-state index contributed by atoms with van der Waals surface area (Å²) < 4.78 is 0. The van der Waals surface area contributed by atoms with Crippen molar-refractivity contribution in [3.63, 3.8) is 0 Å². The molecule has 2 aliphatic heterocycles. The fraction of sp³-hybridized carbons (Fsp3) is 0.833. The monoisotopic (exact) mass is 239 g/mol. The van der Waals surface area contributed by atoms with Crippen LogP contribution in [0.3, 0.4) is 0 Å². The highest BCUT2D eigenvalue weighted by Crippen LogP contribution is 2.09. The third kappa shape index (κ3) is 3.43. The lowest BCUT2D eigenvalue weighted by atomic mass is 10.2. The van der Waals surface area contributed by atoms with Gasteiger partial charge in [0.2, 0.25) is 11.8 Å². The van der Waals surface area contributed by atoms with Gasteiger partial charge < -0.3 is 15.5 Å². The zero-order valence-electron chi connectivity index (χ0n) is 10.2. The van der Waals surface area contributed by atoms with Crippen LogP contribution in [0.15, 0.2) is 0 Å². The average molecular weight is 239 g/mol. The number of likely N-dealkylation sites (tertiary alicyclic amines) is 1. The van der Waals surface area contributed by atoms with Gasteiger partial charge in [-0.25, -0.2) is 0 Å². The third-order valence-electron chi connectivity index (χ3n) is 3.45. The van der Waals surface area contributed by atoms with Gasteiger partial charge in [0.1, 0.15) is 0 Å². The number of nitrogens with one attached hydrogen (secondary N) is 2. The molecule has 96 valence electrons. The van der Waals surface area contributed by atoms with E-state index >= 15 is 0 Å². The molecule has 2 N–H and O–H groups in total. The van der Waals surface area contributed by atoms with Gasteiger partial charge in [-0.15, -0.1) is 0 Å². The molecule has 0 spiro atoms. The van der Waals surface area contributed by atoms with Gasteiger partial charge in [0, 0.05) is 26.1 Å². The zero-order valence-corrected chi connectivity index (χ0v) is 10.2. The standard InChI is InChI=1S/C12H21N3O2/c16-11-5-2-8-15(11)9-3-7-14-12(17)10-4-1-6-13-10/h10,13H,1-9H2,(H,14,17). The number of hydrogen-bond donors (Lipinski definition) is 2. The van der Waals surface area contributed by atoms with Crippen molar-refractivity contribution in [3.05, 3.63) is 0 Å². The lowest BCUT2D eigenvalue weighted by Gasteiger charge is -2.16. The van der Waals surface area contributed by atoms with E-state index in [-0.39, 0.29) is 17.9 Å². The summed E-state index contributed by atoms with van der Waals surface area (Å²) in [5, 5.41) is 6.09. The second kappa shape index (κ2) is 6.00. The Balaban J connectivity index is 1.56. The van der Waals surface area contributed by atoms with Crippen LogP contribution in [0.2, 0.25) is 0 Å². The largest absolute Gasteiger partial charge is 0.355 e. The Labute approximate surface area is 102 Å². The van der Waals surface area contributed by atoms with Crippen LogP contribution in [-0.2, 0) is 9.59 Å². The summed E-state index contributed by atoms with van der Waals surface area (Å²) >= 11 is 0. The maximum absolute atomic E-state index is 11.7. The Bertz CT molecular complexity index is 287. The molecule has 0 aliphatic carbocycles. The van der Waals surface area contributed by atoms with Gasteiger partial charge in [0.25, 0.3) is 0 Å². The van der Waals surface area contributed by atoms with Crippen molar-refractivity contribution in [1.29, 1.82) is 0 Å². The van der Waals surface area contributed by atoms with E-state index in [1.165, 1.54) is 0 Å². The molecule has 1 atom stereocenters. The summed E-state index contributed by atoms with van der Waals surface area (Å²) in [5.41, 5.74) is 0. The maximum Gasteiger partial charge on any atom is 0.237 e. The van der Waals surface area contributed by atoms with Crippen LogP contribution in [0.4, 0.5) is 0 Å². The normalized spacial score (nSPS) is 24.4. The highest BCUT2D eigenvalue weighted by Gasteiger charge is 2.22. The fourth-order valence-electron chi connectivity index (χ4n) is 2.45. The molecule has 2 fully saturated rings. The van der Waals surface area contributed by atoms with E-state index in [2.05, 4.69) is 10.6 Å². The molecule has 0 radical (unpaired) electrons. The highest BCUT2D eigenvalue weighted by atomic mass is 16.2. The van der Waals surface area contributed by atoms with Crippen molar-refractivity contribution in [2.75, 3.05) is 26.2 Å². The molecule has 0 bridgehead atoms. The van der Waals surface area contributed by atoms with Crippen LogP contribution in [0.5, 0.6) is 0 Å². The Kier molecular flexibility index (Phi) is 4.36. The minimum Gasteiger partial charge on any atom is -0.355 e. The Hall–Kier alpha value is -1.10. The van der Waals surface area contributed by atoms with Gasteiger partial charge in [-0.1, -0.05) is 0 Å². The highest BCUT2D eigenvalue weighted by molar-refractivity contribution is 5.82. The fourth-order valence-corrected chi connectivity index (χ4v) is 2.45. The summed E-state index contributed by atoms with van der Waals surface area (Å²) in [5.74, 6) is 0.365. The number of carbonyl (C=O) groups is 2. The molecule has 5 nitrogen and oxygen atoms in total. The van der Waals surface area contributed by atoms with Crippen LogP contribution in [0, 0.1) is 0 Å². The van der Waals surface area contributed by atoms with E-state index < -0.39 is 0 Å². The second-order valence-electron chi connectivity index (χ2n) is 4.78. The molecular formula is C12H21N3O2. The molecule has 0 aromatic rings. The molecule has 2 amide bonds. The average Bonchev–Trinajstić information content (AvgIpc) is 2.96. The minimum atomic E-state index is 0.00317. The van der Waals surface area contributed by atoms with Crippen molar-refractivity contribution in [3.8, 4) is 0 Å². The van der Waals surface area contributed by atoms with E-state index in [9.17, 15) is 9.59 Å². The SMILES string of the molecule is O=C(NCCCN1CCCC1=O)C1CCCN1. The zero-order chi connectivity index (χ0) is 12.1. The minimum absolute atomic E-state index is 0.00317. The maximum atomic E-state index is 11.7. The molecule has 2 saturated heterocycles. The number of hydrogen-bond acceptors (Lipinski definition) is 3. The topological polar surface area (TPSA) is 61.4 Å². The molecule has 2 heterocycles. The van der Waals surface area contributed by atoms with E-state index in [0.717, 1.165) is 45.3 Å². The van der Waals surface area contributed by atoms with Crippen molar-refractivity contribution in [2.45, 2.75) is 38.1 Å². The molecule has 2 aliphatic rings. The van der Waals surface area contributed by atoms with E-state index in [1.54, 1.807) is 0 Å². The van der Waals surface area contributed by atoms with Crippen LogP contribution in [-0.4, -0.2) is 48.9 Å². The van der Waals surface area contributed by atoms with Gasteiger partial charge in [-0.2, -0.15) is 0 Å². The Morgan fingerprint density at radius 2 is 2.35 bits per heavy atom. The van der Waals surface area contributed by atoms with Crippen molar-refractivity contribution < 1.29 is 9.59 Å². The van der Waals surface area contributed by atoms with Crippen molar-refractivity contribution in [1.82, 2.24) is 15.5 Å².